The molecular weight excluding hydrogens is 254 g/mol. The van der Waals surface area contributed by atoms with Gasteiger partial charge in [0.15, 0.2) is 12.2 Å². The predicted molar refractivity (Wildman–Crippen MR) is 75.8 cm³/mol. The van der Waals surface area contributed by atoms with Gasteiger partial charge in [-0.25, -0.2) is 4.98 Å². The van der Waals surface area contributed by atoms with E-state index < -0.39 is 0 Å². The Morgan fingerprint density at radius 1 is 1.40 bits per heavy atom. The van der Waals surface area contributed by atoms with Gasteiger partial charge in [-0.05, 0) is 18.6 Å². The fraction of sp³-hybridized carbons (Fsp3) is 0.200. The first-order valence-corrected chi connectivity index (χ1v) is 6.46. The molecule has 0 fully saturated rings. The molecule has 0 saturated heterocycles. The molecule has 102 valence electrons. The van der Waals surface area contributed by atoms with E-state index in [1.807, 2.05) is 36.4 Å². The molecule has 1 aromatic heterocycles. The molecule has 1 heterocycles. The molecule has 0 aliphatic heterocycles. The van der Waals surface area contributed by atoms with Crippen LogP contribution in [-0.2, 0) is 4.79 Å². The lowest BCUT2D eigenvalue weighted by Crippen LogP contribution is -2.23. The van der Waals surface area contributed by atoms with Gasteiger partial charge in [0.2, 0.25) is 5.91 Å². The molecular formula is C15H15N3O2. The van der Waals surface area contributed by atoms with Crippen molar-refractivity contribution in [1.82, 2.24) is 4.98 Å². The highest BCUT2D eigenvalue weighted by atomic mass is 16.3. The Balaban J connectivity index is 1.73. The van der Waals surface area contributed by atoms with Crippen molar-refractivity contribution >= 4 is 11.6 Å². The van der Waals surface area contributed by atoms with Crippen LogP contribution in [0.2, 0.25) is 0 Å². The standard InChI is InChI=1S/C15H15N3O2/c16-12-5-4-11(6-12)15(19)18-13-3-1-2-10(7-13)14-8-17-9-20-14/h1-5,7-9,11-12H,6,16H2,(H,18,19). The van der Waals surface area contributed by atoms with Crippen LogP contribution in [0.4, 0.5) is 5.69 Å². The molecule has 0 spiro atoms. The van der Waals surface area contributed by atoms with Crippen molar-refractivity contribution in [2.75, 3.05) is 5.32 Å². The molecule has 2 atom stereocenters. The van der Waals surface area contributed by atoms with Crippen molar-refractivity contribution in [3.63, 3.8) is 0 Å². The second-order valence-corrected chi connectivity index (χ2v) is 4.83. The third-order valence-corrected chi connectivity index (χ3v) is 3.30. The molecule has 1 aliphatic carbocycles. The Labute approximate surface area is 116 Å². The van der Waals surface area contributed by atoms with Crippen LogP contribution in [0.3, 0.4) is 0 Å². The van der Waals surface area contributed by atoms with Crippen LogP contribution in [-0.4, -0.2) is 16.9 Å². The van der Waals surface area contributed by atoms with Gasteiger partial charge in [-0.15, -0.1) is 0 Å². The summed E-state index contributed by atoms with van der Waals surface area (Å²) < 4.78 is 5.24. The average molecular weight is 269 g/mol. The first-order chi connectivity index (χ1) is 9.72. The maximum atomic E-state index is 12.1. The third kappa shape index (κ3) is 2.62. The Hall–Kier alpha value is -2.40. The summed E-state index contributed by atoms with van der Waals surface area (Å²) in [6.07, 6.45) is 7.41. The number of carbonyl (C=O) groups excluding carboxylic acids is 1. The second-order valence-electron chi connectivity index (χ2n) is 4.83. The smallest absolute Gasteiger partial charge is 0.231 e. The van der Waals surface area contributed by atoms with E-state index in [4.69, 9.17) is 10.2 Å². The van der Waals surface area contributed by atoms with Crippen molar-refractivity contribution in [3.8, 4) is 11.3 Å². The molecule has 0 saturated carbocycles. The van der Waals surface area contributed by atoms with Gasteiger partial charge in [-0.1, -0.05) is 24.3 Å². The Kier molecular flexibility index (Phi) is 3.35. The number of nitrogens with one attached hydrogen (secondary N) is 1. The van der Waals surface area contributed by atoms with Crippen molar-refractivity contribution in [2.45, 2.75) is 12.5 Å². The fourth-order valence-electron chi connectivity index (χ4n) is 2.27. The summed E-state index contributed by atoms with van der Waals surface area (Å²) in [6.45, 7) is 0. The lowest BCUT2D eigenvalue weighted by molar-refractivity contribution is -0.118. The summed E-state index contributed by atoms with van der Waals surface area (Å²) in [4.78, 5) is 16.0. The highest BCUT2D eigenvalue weighted by Crippen LogP contribution is 2.23. The largest absolute Gasteiger partial charge is 0.444 e. The Bertz CT molecular complexity index is 634. The van der Waals surface area contributed by atoms with E-state index in [0.29, 0.717) is 12.2 Å². The van der Waals surface area contributed by atoms with E-state index in [0.717, 1.165) is 11.3 Å². The first-order valence-electron chi connectivity index (χ1n) is 6.46. The lowest BCUT2D eigenvalue weighted by Gasteiger charge is -2.11. The van der Waals surface area contributed by atoms with Crippen LogP contribution < -0.4 is 11.1 Å². The van der Waals surface area contributed by atoms with Gasteiger partial charge in [0.1, 0.15) is 0 Å². The topological polar surface area (TPSA) is 81.2 Å². The molecule has 5 heteroatoms. The number of benzene rings is 1. The van der Waals surface area contributed by atoms with Crippen molar-refractivity contribution < 1.29 is 9.21 Å². The zero-order chi connectivity index (χ0) is 13.9. The Morgan fingerprint density at radius 3 is 3.00 bits per heavy atom. The van der Waals surface area contributed by atoms with Crippen LogP contribution in [0.1, 0.15) is 6.42 Å². The SMILES string of the molecule is NC1C=CC(C(=O)Nc2cccc(-c3cnco3)c2)C1. The molecule has 3 N–H and O–H groups in total. The van der Waals surface area contributed by atoms with E-state index in [2.05, 4.69) is 10.3 Å². The van der Waals surface area contributed by atoms with Gasteiger partial charge in [0.05, 0.1) is 12.1 Å². The van der Waals surface area contributed by atoms with E-state index >= 15 is 0 Å². The molecule has 3 rings (SSSR count). The summed E-state index contributed by atoms with van der Waals surface area (Å²) in [5.74, 6) is 0.478. The molecule has 0 radical (unpaired) electrons. The van der Waals surface area contributed by atoms with E-state index in [1.165, 1.54) is 6.39 Å². The number of aromatic nitrogens is 1. The van der Waals surface area contributed by atoms with Crippen molar-refractivity contribution in [3.05, 3.63) is 49.0 Å². The number of amides is 1. The number of rotatable bonds is 3. The van der Waals surface area contributed by atoms with Crippen molar-refractivity contribution in [1.29, 1.82) is 0 Å². The molecule has 1 aromatic carbocycles. The lowest BCUT2D eigenvalue weighted by atomic mass is 10.1. The van der Waals surface area contributed by atoms with Gasteiger partial charge in [-0.2, -0.15) is 0 Å². The minimum atomic E-state index is -0.154. The van der Waals surface area contributed by atoms with Crippen LogP contribution >= 0.6 is 0 Å². The molecule has 2 unspecified atom stereocenters. The Morgan fingerprint density at radius 2 is 2.30 bits per heavy atom. The minimum Gasteiger partial charge on any atom is -0.444 e. The number of hydrogen-bond acceptors (Lipinski definition) is 4. The fourth-order valence-corrected chi connectivity index (χ4v) is 2.27. The zero-order valence-corrected chi connectivity index (χ0v) is 10.8. The number of nitrogens with two attached hydrogens (primary N) is 1. The van der Waals surface area contributed by atoms with Crippen LogP contribution in [0, 0.1) is 5.92 Å². The molecule has 20 heavy (non-hydrogen) atoms. The van der Waals surface area contributed by atoms with Crippen LogP contribution in [0.25, 0.3) is 11.3 Å². The summed E-state index contributed by atoms with van der Waals surface area (Å²) in [7, 11) is 0. The van der Waals surface area contributed by atoms with Gasteiger partial charge in [0, 0.05) is 17.3 Å². The van der Waals surface area contributed by atoms with E-state index in [9.17, 15) is 4.79 Å². The first kappa shape index (κ1) is 12.6. The number of oxazole rings is 1. The molecule has 0 bridgehead atoms. The number of hydrogen-bond donors (Lipinski definition) is 2. The van der Waals surface area contributed by atoms with Gasteiger partial charge in [0.25, 0.3) is 0 Å². The normalized spacial score (nSPS) is 21.1. The predicted octanol–water partition coefficient (Wildman–Crippen LogP) is 2.18. The van der Waals surface area contributed by atoms with Crippen LogP contribution in [0.5, 0.6) is 0 Å². The van der Waals surface area contributed by atoms with E-state index in [-0.39, 0.29) is 17.9 Å². The molecule has 5 nitrogen and oxygen atoms in total. The third-order valence-electron chi connectivity index (χ3n) is 3.30. The zero-order valence-electron chi connectivity index (χ0n) is 10.8. The molecule has 1 amide bonds. The van der Waals surface area contributed by atoms with Gasteiger partial charge in [-0.3, -0.25) is 4.79 Å². The highest BCUT2D eigenvalue weighted by molar-refractivity contribution is 5.94. The number of nitrogens with zero attached hydrogens (tertiary/aromatic N) is 1. The molecule has 2 aromatic rings. The average Bonchev–Trinajstić information content (AvgIpc) is 3.10. The summed E-state index contributed by atoms with van der Waals surface area (Å²) in [5.41, 5.74) is 7.37. The molecule has 1 aliphatic rings. The monoisotopic (exact) mass is 269 g/mol. The number of anilines is 1. The quantitative estimate of drug-likeness (QED) is 0.837. The summed E-state index contributed by atoms with van der Waals surface area (Å²) in [5, 5.41) is 2.90. The minimum absolute atomic E-state index is 0.0220. The van der Waals surface area contributed by atoms with E-state index in [1.54, 1.807) is 6.20 Å². The van der Waals surface area contributed by atoms with Gasteiger partial charge >= 0.3 is 0 Å². The maximum Gasteiger partial charge on any atom is 0.231 e. The van der Waals surface area contributed by atoms with Crippen molar-refractivity contribution in [2.24, 2.45) is 11.7 Å². The summed E-state index contributed by atoms with van der Waals surface area (Å²) >= 11 is 0. The number of carbonyl (C=O) groups is 1. The second kappa shape index (κ2) is 5.30. The van der Waals surface area contributed by atoms with Gasteiger partial charge < -0.3 is 15.5 Å². The highest BCUT2D eigenvalue weighted by Gasteiger charge is 2.22. The maximum absolute atomic E-state index is 12.1. The van der Waals surface area contributed by atoms with Crippen LogP contribution in [0.15, 0.2) is 53.4 Å². The summed E-state index contributed by atoms with van der Waals surface area (Å²) in [6, 6.07) is 7.45.